The second kappa shape index (κ2) is 8.87. The molecule has 0 saturated carbocycles. The van der Waals surface area contributed by atoms with Gasteiger partial charge in [-0.3, -0.25) is 4.90 Å². The quantitative estimate of drug-likeness (QED) is 0.563. The number of nitrogens with two attached hydrogens (primary N) is 1. The zero-order valence-electron chi connectivity index (χ0n) is 22.5. The molecule has 4 atom stereocenters. The highest BCUT2D eigenvalue weighted by molar-refractivity contribution is 7.16. The zero-order valence-corrected chi connectivity index (χ0v) is 23.3. The van der Waals surface area contributed by atoms with Gasteiger partial charge in [-0.15, -0.1) is 11.3 Å². The Balaban J connectivity index is 1.11. The first kappa shape index (κ1) is 25.0. The summed E-state index contributed by atoms with van der Waals surface area (Å²) in [4.78, 5) is 16.6. The van der Waals surface area contributed by atoms with Gasteiger partial charge in [0, 0.05) is 61.5 Å². The number of hydrogen-bond acceptors (Lipinski definition) is 10. The number of nitrogen functional groups attached to an aromatic ring is 1. The molecule has 2 aromatic heterocycles. The fourth-order valence-corrected chi connectivity index (χ4v) is 9.62. The number of nitrogens with zero attached hydrogens (tertiary/aromatic N) is 6. The van der Waals surface area contributed by atoms with Gasteiger partial charge in [0.1, 0.15) is 23.8 Å². The Morgan fingerprint density at radius 3 is 2.62 bits per heavy atom. The van der Waals surface area contributed by atoms with Crippen molar-refractivity contribution in [1.29, 1.82) is 5.26 Å². The zero-order chi connectivity index (χ0) is 27.2. The van der Waals surface area contributed by atoms with Crippen molar-refractivity contribution in [2.24, 2.45) is 0 Å². The van der Waals surface area contributed by atoms with Crippen LogP contribution >= 0.6 is 11.3 Å². The van der Waals surface area contributed by atoms with E-state index in [0.29, 0.717) is 74.2 Å². The van der Waals surface area contributed by atoms with Gasteiger partial charge < -0.3 is 25.6 Å². The third-order valence-electron chi connectivity index (χ3n) is 10.3. The Bertz CT molecular complexity index is 1390. The van der Waals surface area contributed by atoms with Crippen LogP contribution in [0.1, 0.15) is 54.5 Å². The van der Waals surface area contributed by atoms with E-state index in [1.807, 2.05) is 9.80 Å². The Morgan fingerprint density at radius 1 is 1.12 bits per heavy atom. The third-order valence-corrected chi connectivity index (χ3v) is 11.4. The SMILES string of the molecule is N#Cc1c(N)sc2c1C1(CC2)CN(c2nc(OC[C@@]34CCCN3C[C@H](F)C4)nc(N3C[C@H]4CC[C@@H](C3)N4)c2F)C1. The van der Waals surface area contributed by atoms with Gasteiger partial charge in [0.2, 0.25) is 5.82 Å². The van der Waals surface area contributed by atoms with Crippen LogP contribution in [-0.2, 0) is 11.8 Å². The summed E-state index contributed by atoms with van der Waals surface area (Å²) in [7, 11) is 0. The molecule has 3 N–H and O–H groups in total. The molecule has 7 heterocycles. The number of aromatic nitrogens is 2. The number of fused-ring (bicyclic) bond motifs is 5. The highest BCUT2D eigenvalue weighted by atomic mass is 32.1. The number of anilines is 3. The van der Waals surface area contributed by atoms with Crippen molar-refractivity contribution in [3.05, 3.63) is 21.8 Å². The maximum absolute atomic E-state index is 16.3. The number of thiophene rings is 1. The molecule has 6 aliphatic rings. The van der Waals surface area contributed by atoms with Crippen molar-refractivity contribution in [2.45, 2.75) is 74.2 Å². The molecule has 8 rings (SSSR count). The summed E-state index contributed by atoms with van der Waals surface area (Å²) in [6.45, 7) is 4.16. The maximum atomic E-state index is 16.3. The molecule has 0 aromatic carbocycles. The van der Waals surface area contributed by atoms with Crippen LogP contribution in [0.25, 0.3) is 0 Å². The molecule has 12 heteroatoms. The third kappa shape index (κ3) is 3.66. The summed E-state index contributed by atoms with van der Waals surface area (Å²) >= 11 is 1.51. The molecular weight excluding hydrogens is 534 g/mol. The number of halogens is 2. The minimum atomic E-state index is -0.849. The van der Waals surface area contributed by atoms with Gasteiger partial charge >= 0.3 is 6.01 Å². The molecule has 9 nitrogen and oxygen atoms in total. The first-order valence-corrected chi connectivity index (χ1v) is 15.4. The van der Waals surface area contributed by atoms with E-state index in [1.165, 1.54) is 16.2 Å². The number of piperazine rings is 1. The van der Waals surface area contributed by atoms with Gasteiger partial charge in [-0.05, 0) is 50.6 Å². The van der Waals surface area contributed by atoms with E-state index < -0.39 is 12.0 Å². The molecule has 1 aliphatic carbocycles. The van der Waals surface area contributed by atoms with Crippen LogP contribution in [-0.4, -0.2) is 84.5 Å². The second-order valence-corrected chi connectivity index (χ2v) is 13.9. The van der Waals surface area contributed by atoms with Crippen LogP contribution < -0.4 is 25.6 Å². The van der Waals surface area contributed by atoms with Crippen LogP contribution in [0.4, 0.5) is 25.4 Å². The predicted octanol–water partition coefficient (Wildman–Crippen LogP) is 2.73. The average molecular weight is 569 g/mol. The van der Waals surface area contributed by atoms with Gasteiger partial charge in [0.15, 0.2) is 11.6 Å². The summed E-state index contributed by atoms with van der Waals surface area (Å²) in [5, 5.41) is 14.0. The first-order valence-electron chi connectivity index (χ1n) is 14.5. The minimum Gasteiger partial charge on any atom is -0.461 e. The first-order chi connectivity index (χ1) is 19.4. The van der Waals surface area contributed by atoms with Crippen LogP contribution in [0, 0.1) is 17.1 Å². The fourth-order valence-electron chi connectivity index (χ4n) is 8.48. The van der Waals surface area contributed by atoms with Gasteiger partial charge in [-0.2, -0.15) is 19.6 Å². The highest BCUT2D eigenvalue weighted by Gasteiger charge is 2.53. The van der Waals surface area contributed by atoms with Crippen molar-refractivity contribution >= 4 is 28.0 Å². The van der Waals surface area contributed by atoms with E-state index in [-0.39, 0.29) is 22.8 Å². The lowest BCUT2D eigenvalue weighted by Crippen LogP contribution is -2.59. The Labute approximate surface area is 236 Å². The van der Waals surface area contributed by atoms with E-state index >= 15 is 4.39 Å². The van der Waals surface area contributed by atoms with Crippen LogP contribution in [0.5, 0.6) is 6.01 Å². The smallest absolute Gasteiger partial charge is 0.320 e. The summed E-state index contributed by atoms with van der Waals surface area (Å²) in [5.74, 6) is 0.124. The molecule has 5 saturated heterocycles. The molecule has 0 unspecified atom stereocenters. The maximum Gasteiger partial charge on any atom is 0.320 e. The van der Waals surface area contributed by atoms with E-state index in [0.717, 1.165) is 50.6 Å². The normalized spacial score (nSPS) is 31.9. The van der Waals surface area contributed by atoms with Crippen molar-refractivity contribution in [1.82, 2.24) is 20.2 Å². The number of nitrogens with one attached hydrogen (secondary N) is 1. The number of nitriles is 1. The molecule has 40 heavy (non-hydrogen) atoms. The topological polar surface area (TPSA) is 107 Å². The number of rotatable bonds is 5. The van der Waals surface area contributed by atoms with Crippen molar-refractivity contribution in [2.75, 3.05) is 61.4 Å². The molecular formula is C28H34F2N8OS. The van der Waals surface area contributed by atoms with Crippen molar-refractivity contribution in [3.8, 4) is 12.1 Å². The summed E-state index contributed by atoms with van der Waals surface area (Å²) < 4.78 is 36.9. The van der Waals surface area contributed by atoms with Gasteiger partial charge in [-0.1, -0.05) is 0 Å². The van der Waals surface area contributed by atoms with Gasteiger partial charge in [0.25, 0.3) is 0 Å². The van der Waals surface area contributed by atoms with E-state index in [9.17, 15) is 9.65 Å². The number of aryl methyl sites for hydroxylation is 1. The average Bonchev–Trinajstić information content (AvgIpc) is 3.69. The van der Waals surface area contributed by atoms with E-state index in [2.05, 4.69) is 26.3 Å². The van der Waals surface area contributed by atoms with Crippen LogP contribution in [0.15, 0.2) is 0 Å². The molecule has 2 bridgehead atoms. The predicted molar refractivity (Wildman–Crippen MR) is 148 cm³/mol. The van der Waals surface area contributed by atoms with Crippen LogP contribution in [0.3, 0.4) is 0 Å². The molecule has 1 spiro atoms. The Kier molecular flexibility index (Phi) is 5.55. The number of hydrogen-bond donors (Lipinski definition) is 2. The summed E-state index contributed by atoms with van der Waals surface area (Å²) in [5.41, 5.74) is 7.27. The number of alkyl halides is 1. The lowest BCUT2D eigenvalue weighted by Gasteiger charge is -2.49. The highest BCUT2D eigenvalue weighted by Crippen LogP contribution is 2.53. The largest absolute Gasteiger partial charge is 0.461 e. The fraction of sp³-hybridized carbons (Fsp3) is 0.679. The molecule has 212 valence electrons. The molecule has 2 aromatic rings. The van der Waals surface area contributed by atoms with Crippen molar-refractivity contribution in [3.63, 3.8) is 0 Å². The summed E-state index contributed by atoms with van der Waals surface area (Å²) in [6, 6.07) is 3.11. The van der Waals surface area contributed by atoms with E-state index in [4.69, 9.17) is 10.5 Å². The molecule has 0 amide bonds. The van der Waals surface area contributed by atoms with Gasteiger partial charge in [-0.25, -0.2) is 4.39 Å². The second-order valence-electron chi connectivity index (χ2n) is 12.8. The summed E-state index contributed by atoms with van der Waals surface area (Å²) in [6.07, 6.45) is 5.49. The lowest BCUT2D eigenvalue weighted by molar-refractivity contribution is 0.107. The number of ether oxygens (including phenoxy) is 1. The molecule has 0 radical (unpaired) electrons. The van der Waals surface area contributed by atoms with Crippen molar-refractivity contribution < 1.29 is 13.5 Å². The van der Waals surface area contributed by atoms with E-state index in [1.54, 1.807) is 0 Å². The Morgan fingerprint density at radius 2 is 1.88 bits per heavy atom. The van der Waals surface area contributed by atoms with Gasteiger partial charge in [0.05, 0.1) is 11.1 Å². The monoisotopic (exact) mass is 568 g/mol. The van der Waals surface area contributed by atoms with Crippen LogP contribution in [0.2, 0.25) is 0 Å². The minimum absolute atomic E-state index is 0.159. The Hall–Kier alpha value is -2.75. The molecule has 5 aliphatic heterocycles. The lowest BCUT2D eigenvalue weighted by atomic mass is 9.74. The standard InChI is InChI=1S/C28H34F2N8OS/c29-16-8-28(5-1-7-38(28)10-16)15-39-26-34-24(36-11-17-2-3-18(12-36)33-17)22(30)25(35-26)37-13-27(14-37)6-4-20-21(27)19(9-31)23(32)40-20/h16-18,33H,1-8,10-15,32H2/t16-,17-,18+,28+/m1/s1. The molecule has 5 fully saturated rings.